The van der Waals surface area contributed by atoms with Crippen LogP contribution in [-0.2, 0) is 4.79 Å². The second kappa shape index (κ2) is 7.08. The van der Waals surface area contributed by atoms with Crippen molar-refractivity contribution < 1.29 is 18.4 Å². The number of nitrogens with zero attached hydrogens (tertiary/aromatic N) is 1. The summed E-state index contributed by atoms with van der Waals surface area (Å²) in [6.07, 6.45) is -0.0222. The van der Waals surface area contributed by atoms with Crippen LogP contribution in [0, 0.1) is 11.6 Å². The van der Waals surface area contributed by atoms with Gasteiger partial charge in [-0.2, -0.15) is 0 Å². The first-order valence-corrected chi connectivity index (χ1v) is 7.51. The van der Waals surface area contributed by atoms with Crippen molar-refractivity contribution in [1.82, 2.24) is 15.3 Å². The number of para-hydroxylation sites is 2. The normalized spacial score (nSPS) is 10.6. The number of carbonyl (C=O) groups excluding carboxylic acids is 2. The SMILES string of the molecule is O=C(CCNC(=O)c1ccc(F)cc1F)Nc1nc2ccccc2[nH]1. The molecule has 0 unspecified atom stereocenters. The molecule has 0 saturated heterocycles. The third kappa shape index (κ3) is 3.97. The van der Waals surface area contributed by atoms with Gasteiger partial charge in [0.15, 0.2) is 0 Å². The fraction of sp³-hybridized carbons (Fsp3) is 0.118. The van der Waals surface area contributed by atoms with Crippen LogP contribution in [0.1, 0.15) is 16.8 Å². The standard InChI is InChI=1S/C17H14F2N4O2/c18-10-5-6-11(12(19)9-10)16(25)20-8-7-15(24)23-17-21-13-3-1-2-4-14(13)22-17/h1-6,9H,7-8H2,(H,20,25)(H2,21,22,23,24). The van der Waals surface area contributed by atoms with Crippen LogP contribution in [0.5, 0.6) is 0 Å². The van der Waals surface area contributed by atoms with E-state index in [1.807, 2.05) is 18.2 Å². The second-order valence-corrected chi connectivity index (χ2v) is 5.28. The minimum Gasteiger partial charge on any atom is -0.351 e. The Kier molecular flexibility index (Phi) is 4.69. The fourth-order valence-electron chi connectivity index (χ4n) is 2.26. The number of rotatable bonds is 5. The molecule has 0 fully saturated rings. The number of imidazole rings is 1. The van der Waals surface area contributed by atoms with Crippen LogP contribution in [0.25, 0.3) is 11.0 Å². The monoisotopic (exact) mass is 344 g/mol. The summed E-state index contributed by atoms with van der Waals surface area (Å²) >= 11 is 0. The van der Waals surface area contributed by atoms with E-state index in [-0.39, 0.29) is 24.4 Å². The van der Waals surface area contributed by atoms with E-state index in [2.05, 4.69) is 20.6 Å². The highest BCUT2D eigenvalue weighted by Crippen LogP contribution is 2.13. The van der Waals surface area contributed by atoms with Gasteiger partial charge >= 0.3 is 0 Å². The van der Waals surface area contributed by atoms with E-state index in [0.717, 1.165) is 23.2 Å². The number of nitrogens with one attached hydrogen (secondary N) is 3. The Labute approximate surface area is 141 Å². The Morgan fingerprint density at radius 2 is 1.92 bits per heavy atom. The van der Waals surface area contributed by atoms with Crippen molar-refractivity contribution in [3.8, 4) is 0 Å². The molecule has 2 amide bonds. The summed E-state index contributed by atoms with van der Waals surface area (Å²) in [4.78, 5) is 30.8. The Hall–Kier alpha value is -3.29. The van der Waals surface area contributed by atoms with Crippen LogP contribution in [0.15, 0.2) is 42.5 Å². The third-order valence-corrected chi connectivity index (χ3v) is 3.46. The molecule has 0 aliphatic heterocycles. The summed E-state index contributed by atoms with van der Waals surface area (Å²) in [6, 6.07) is 9.98. The molecule has 0 aliphatic carbocycles. The van der Waals surface area contributed by atoms with Crippen molar-refractivity contribution in [3.63, 3.8) is 0 Å². The zero-order valence-electron chi connectivity index (χ0n) is 13.0. The highest BCUT2D eigenvalue weighted by atomic mass is 19.1. The molecule has 3 N–H and O–H groups in total. The van der Waals surface area contributed by atoms with E-state index in [1.54, 1.807) is 6.07 Å². The minimum atomic E-state index is -0.954. The number of benzene rings is 2. The van der Waals surface area contributed by atoms with Crippen LogP contribution < -0.4 is 10.6 Å². The molecule has 0 atom stereocenters. The summed E-state index contributed by atoms with van der Waals surface area (Å²) in [5, 5.41) is 4.99. The van der Waals surface area contributed by atoms with E-state index in [4.69, 9.17) is 0 Å². The first-order valence-electron chi connectivity index (χ1n) is 7.51. The molecule has 0 aliphatic rings. The molecule has 0 bridgehead atoms. The first kappa shape index (κ1) is 16.6. The third-order valence-electron chi connectivity index (χ3n) is 3.46. The van der Waals surface area contributed by atoms with Crippen LogP contribution in [0.2, 0.25) is 0 Å². The molecule has 6 nitrogen and oxygen atoms in total. The van der Waals surface area contributed by atoms with Crippen molar-refractivity contribution in [2.24, 2.45) is 0 Å². The quantitative estimate of drug-likeness (QED) is 0.665. The number of halogens is 2. The van der Waals surface area contributed by atoms with Crippen LogP contribution in [0.4, 0.5) is 14.7 Å². The van der Waals surface area contributed by atoms with E-state index in [0.29, 0.717) is 12.0 Å². The Morgan fingerprint density at radius 3 is 2.68 bits per heavy atom. The number of carbonyl (C=O) groups is 2. The van der Waals surface area contributed by atoms with Gasteiger partial charge in [-0.1, -0.05) is 12.1 Å². The number of aromatic amines is 1. The molecule has 128 valence electrons. The van der Waals surface area contributed by atoms with Gasteiger partial charge in [-0.15, -0.1) is 0 Å². The molecule has 0 radical (unpaired) electrons. The highest BCUT2D eigenvalue weighted by Gasteiger charge is 2.13. The molecule has 0 saturated carbocycles. The van der Waals surface area contributed by atoms with Gasteiger partial charge in [0, 0.05) is 19.0 Å². The lowest BCUT2D eigenvalue weighted by atomic mass is 10.2. The van der Waals surface area contributed by atoms with Gasteiger partial charge in [-0.3, -0.25) is 14.9 Å². The maximum atomic E-state index is 13.5. The van der Waals surface area contributed by atoms with E-state index in [1.165, 1.54) is 0 Å². The molecule has 1 aromatic heterocycles. The van der Waals surface area contributed by atoms with Crippen molar-refractivity contribution in [1.29, 1.82) is 0 Å². The van der Waals surface area contributed by atoms with Gasteiger partial charge < -0.3 is 10.3 Å². The molecule has 2 aromatic carbocycles. The second-order valence-electron chi connectivity index (χ2n) is 5.28. The lowest BCUT2D eigenvalue weighted by molar-refractivity contribution is -0.116. The topological polar surface area (TPSA) is 86.9 Å². The fourth-order valence-corrected chi connectivity index (χ4v) is 2.26. The van der Waals surface area contributed by atoms with Gasteiger partial charge in [0.05, 0.1) is 16.6 Å². The molecule has 3 rings (SSSR count). The zero-order chi connectivity index (χ0) is 17.8. The highest BCUT2D eigenvalue weighted by molar-refractivity contribution is 5.95. The average Bonchev–Trinajstić information content (AvgIpc) is 2.96. The van der Waals surface area contributed by atoms with Crippen molar-refractivity contribution >= 4 is 28.8 Å². The number of aromatic nitrogens is 2. The molecular formula is C17H14F2N4O2. The predicted octanol–water partition coefficient (Wildman–Crippen LogP) is 2.60. The van der Waals surface area contributed by atoms with Gasteiger partial charge in [0.25, 0.3) is 5.91 Å². The maximum Gasteiger partial charge on any atom is 0.254 e. The van der Waals surface area contributed by atoms with E-state index >= 15 is 0 Å². The first-order chi connectivity index (χ1) is 12.0. The van der Waals surface area contributed by atoms with Gasteiger partial charge in [0.1, 0.15) is 11.6 Å². The number of fused-ring (bicyclic) bond motifs is 1. The number of anilines is 1. The summed E-state index contributed by atoms with van der Waals surface area (Å²) in [5.41, 5.74) is 1.23. The molecular weight excluding hydrogens is 330 g/mol. The molecule has 25 heavy (non-hydrogen) atoms. The summed E-state index contributed by atoms with van der Waals surface area (Å²) in [7, 11) is 0. The molecule has 8 heteroatoms. The lowest BCUT2D eigenvalue weighted by Gasteiger charge is -2.06. The van der Waals surface area contributed by atoms with Gasteiger partial charge in [0.2, 0.25) is 11.9 Å². The average molecular weight is 344 g/mol. The predicted molar refractivity (Wildman–Crippen MR) is 88.0 cm³/mol. The zero-order valence-corrected chi connectivity index (χ0v) is 13.0. The van der Waals surface area contributed by atoms with Crippen molar-refractivity contribution in [3.05, 3.63) is 59.7 Å². The number of hydrogen-bond donors (Lipinski definition) is 3. The van der Waals surface area contributed by atoms with Crippen LogP contribution >= 0.6 is 0 Å². The summed E-state index contributed by atoms with van der Waals surface area (Å²) < 4.78 is 26.3. The van der Waals surface area contributed by atoms with Crippen molar-refractivity contribution in [2.45, 2.75) is 6.42 Å². The minimum absolute atomic E-state index is 0.00170. The number of amides is 2. The Morgan fingerprint density at radius 1 is 1.12 bits per heavy atom. The van der Waals surface area contributed by atoms with Crippen LogP contribution in [-0.4, -0.2) is 28.3 Å². The largest absolute Gasteiger partial charge is 0.351 e. The van der Waals surface area contributed by atoms with Gasteiger partial charge in [-0.05, 0) is 24.3 Å². The number of H-pyrrole nitrogens is 1. The lowest BCUT2D eigenvalue weighted by Crippen LogP contribution is -2.28. The summed E-state index contributed by atoms with van der Waals surface area (Å²) in [5.74, 6) is -2.49. The Balaban J connectivity index is 1.51. The smallest absolute Gasteiger partial charge is 0.254 e. The van der Waals surface area contributed by atoms with Crippen molar-refractivity contribution in [2.75, 3.05) is 11.9 Å². The van der Waals surface area contributed by atoms with Crippen LogP contribution in [0.3, 0.4) is 0 Å². The van der Waals surface area contributed by atoms with E-state index < -0.39 is 17.5 Å². The molecule has 1 heterocycles. The number of hydrogen-bond acceptors (Lipinski definition) is 3. The van der Waals surface area contributed by atoms with Gasteiger partial charge in [-0.25, -0.2) is 13.8 Å². The Bertz CT molecular complexity index is 906. The molecule has 0 spiro atoms. The maximum absolute atomic E-state index is 13.5. The summed E-state index contributed by atoms with van der Waals surface area (Å²) in [6.45, 7) is 0.00170. The van der Waals surface area contributed by atoms with E-state index in [9.17, 15) is 18.4 Å². The molecule has 3 aromatic rings.